The van der Waals surface area contributed by atoms with E-state index >= 15 is 0 Å². The van der Waals surface area contributed by atoms with Gasteiger partial charge in [0.05, 0.1) is 5.75 Å². The molecule has 0 spiro atoms. The van der Waals surface area contributed by atoms with Crippen LogP contribution in [0.25, 0.3) is 0 Å². The molecule has 90 valence electrons. The zero-order chi connectivity index (χ0) is 11.3. The van der Waals surface area contributed by atoms with Gasteiger partial charge in [-0.05, 0) is 25.2 Å². The number of sulfonamides is 1. The van der Waals surface area contributed by atoms with E-state index < -0.39 is 10.0 Å². The lowest BCUT2D eigenvalue weighted by atomic mass is 9.85. The van der Waals surface area contributed by atoms with Crippen LogP contribution < -0.4 is 4.72 Å². The van der Waals surface area contributed by atoms with E-state index in [1.165, 1.54) is 0 Å². The zero-order valence-corrected chi connectivity index (χ0v) is 10.5. The molecule has 0 atom stereocenters. The fraction of sp³-hybridized carbons (Fsp3) is 1.00. The Bertz CT molecular complexity index is 275. The van der Waals surface area contributed by atoms with Crippen LogP contribution in [0.3, 0.4) is 0 Å². The first-order valence-corrected chi connectivity index (χ1v) is 7.22. The van der Waals surface area contributed by atoms with Gasteiger partial charge in [-0.1, -0.05) is 0 Å². The van der Waals surface area contributed by atoms with Crippen molar-refractivity contribution in [3.8, 4) is 0 Å². The molecule has 0 bridgehead atoms. The van der Waals surface area contributed by atoms with Crippen LogP contribution in [-0.2, 0) is 14.8 Å². The van der Waals surface area contributed by atoms with Crippen LogP contribution in [0.1, 0.15) is 19.3 Å². The van der Waals surface area contributed by atoms with Gasteiger partial charge in [0.25, 0.3) is 0 Å². The van der Waals surface area contributed by atoms with Crippen molar-refractivity contribution in [2.45, 2.75) is 24.6 Å². The normalized spacial score (nSPS) is 26.3. The van der Waals surface area contributed by atoms with Gasteiger partial charge in [-0.2, -0.15) is 0 Å². The van der Waals surface area contributed by atoms with Gasteiger partial charge < -0.3 is 4.74 Å². The SMILES string of the molecule is COCCCS(=O)(=O)NCC1CC(Cl)C1. The van der Waals surface area contributed by atoms with Gasteiger partial charge in [0.15, 0.2) is 0 Å². The van der Waals surface area contributed by atoms with Gasteiger partial charge in [-0.25, -0.2) is 13.1 Å². The number of hydrogen-bond donors (Lipinski definition) is 1. The van der Waals surface area contributed by atoms with Crippen molar-refractivity contribution >= 4 is 21.6 Å². The van der Waals surface area contributed by atoms with Gasteiger partial charge in [-0.3, -0.25) is 0 Å². The predicted molar refractivity (Wildman–Crippen MR) is 60.6 cm³/mol. The van der Waals surface area contributed by atoms with Crippen LogP contribution in [-0.4, -0.2) is 39.8 Å². The molecule has 1 fully saturated rings. The topological polar surface area (TPSA) is 55.4 Å². The van der Waals surface area contributed by atoms with E-state index in [0.29, 0.717) is 25.5 Å². The maximum atomic E-state index is 11.4. The molecule has 1 aliphatic rings. The Morgan fingerprint density at radius 2 is 2.13 bits per heavy atom. The molecule has 0 amide bonds. The Hall–Kier alpha value is 0.160. The molecular formula is C9H18ClNO3S. The monoisotopic (exact) mass is 255 g/mol. The molecule has 1 rings (SSSR count). The van der Waals surface area contributed by atoms with Crippen molar-refractivity contribution in [1.82, 2.24) is 4.72 Å². The third kappa shape index (κ3) is 5.15. The Balaban J connectivity index is 2.13. The molecule has 4 nitrogen and oxygen atoms in total. The largest absolute Gasteiger partial charge is 0.385 e. The molecule has 0 aromatic carbocycles. The molecule has 15 heavy (non-hydrogen) atoms. The third-order valence-electron chi connectivity index (χ3n) is 2.53. The minimum Gasteiger partial charge on any atom is -0.385 e. The number of methoxy groups -OCH3 is 1. The van der Waals surface area contributed by atoms with Crippen molar-refractivity contribution in [1.29, 1.82) is 0 Å². The van der Waals surface area contributed by atoms with E-state index in [2.05, 4.69) is 4.72 Å². The minimum atomic E-state index is -3.12. The second-order valence-electron chi connectivity index (χ2n) is 3.95. The van der Waals surface area contributed by atoms with Gasteiger partial charge in [0.2, 0.25) is 10.0 Å². The van der Waals surface area contributed by atoms with E-state index in [4.69, 9.17) is 16.3 Å². The van der Waals surface area contributed by atoms with E-state index in [1.54, 1.807) is 7.11 Å². The quantitative estimate of drug-likeness (QED) is 0.545. The highest BCUT2D eigenvalue weighted by molar-refractivity contribution is 7.89. The summed E-state index contributed by atoms with van der Waals surface area (Å²) in [5, 5.41) is 0.244. The van der Waals surface area contributed by atoms with Crippen molar-refractivity contribution in [2.75, 3.05) is 26.0 Å². The van der Waals surface area contributed by atoms with Crippen molar-refractivity contribution < 1.29 is 13.2 Å². The van der Waals surface area contributed by atoms with Crippen LogP contribution in [0.4, 0.5) is 0 Å². The lowest BCUT2D eigenvalue weighted by molar-refractivity contribution is 0.199. The lowest BCUT2D eigenvalue weighted by Crippen LogP contribution is -2.37. The highest BCUT2D eigenvalue weighted by Crippen LogP contribution is 2.31. The summed E-state index contributed by atoms with van der Waals surface area (Å²) in [7, 11) is -1.55. The summed E-state index contributed by atoms with van der Waals surface area (Å²) in [4.78, 5) is 0. The highest BCUT2D eigenvalue weighted by Gasteiger charge is 2.27. The number of nitrogens with one attached hydrogen (secondary N) is 1. The number of halogens is 1. The maximum Gasteiger partial charge on any atom is 0.211 e. The molecule has 0 aliphatic heterocycles. The fourth-order valence-electron chi connectivity index (χ4n) is 1.53. The van der Waals surface area contributed by atoms with Crippen LogP contribution in [0.15, 0.2) is 0 Å². The third-order valence-corrected chi connectivity index (χ3v) is 4.32. The van der Waals surface area contributed by atoms with Gasteiger partial charge in [0.1, 0.15) is 0 Å². The van der Waals surface area contributed by atoms with Gasteiger partial charge in [0, 0.05) is 25.6 Å². The van der Waals surface area contributed by atoms with Gasteiger partial charge in [-0.15, -0.1) is 11.6 Å². The average Bonchev–Trinajstić information content (AvgIpc) is 2.11. The zero-order valence-electron chi connectivity index (χ0n) is 8.91. The summed E-state index contributed by atoms with van der Waals surface area (Å²) in [6.07, 6.45) is 2.37. The van der Waals surface area contributed by atoms with Crippen molar-refractivity contribution in [2.24, 2.45) is 5.92 Å². The lowest BCUT2D eigenvalue weighted by Gasteiger charge is -2.30. The molecule has 0 aromatic heterocycles. The summed E-state index contributed by atoms with van der Waals surface area (Å²) in [6, 6.07) is 0. The standard InChI is InChI=1S/C9H18ClNO3S/c1-14-3-2-4-15(12,13)11-7-8-5-9(10)6-8/h8-9,11H,2-7H2,1H3. The molecule has 6 heteroatoms. The van der Waals surface area contributed by atoms with E-state index in [0.717, 1.165) is 12.8 Å². The number of rotatable bonds is 7. The Morgan fingerprint density at radius 1 is 1.47 bits per heavy atom. The molecule has 0 heterocycles. The smallest absolute Gasteiger partial charge is 0.211 e. The Morgan fingerprint density at radius 3 is 2.67 bits per heavy atom. The molecule has 1 aliphatic carbocycles. The van der Waals surface area contributed by atoms with Crippen LogP contribution >= 0.6 is 11.6 Å². The summed E-state index contributed by atoms with van der Waals surface area (Å²) < 4.78 is 30.3. The van der Waals surface area contributed by atoms with Crippen LogP contribution in [0, 0.1) is 5.92 Å². The predicted octanol–water partition coefficient (Wildman–Crippen LogP) is 0.960. The minimum absolute atomic E-state index is 0.137. The maximum absolute atomic E-state index is 11.4. The second kappa shape index (κ2) is 6.03. The molecule has 1 saturated carbocycles. The summed E-state index contributed by atoms with van der Waals surface area (Å²) in [5.41, 5.74) is 0. The summed E-state index contributed by atoms with van der Waals surface area (Å²) in [6.45, 7) is 1.01. The Labute approximate surface area is 96.4 Å². The molecule has 0 aromatic rings. The van der Waals surface area contributed by atoms with Crippen molar-refractivity contribution in [3.63, 3.8) is 0 Å². The van der Waals surface area contributed by atoms with E-state index in [-0.39, 0.29) is 11.1 Å². The number of ether oxygens (including phenoxy) is 1. The van der Waals surface area contributed by atoms with Crippen molar-refractivity contribution in [3.05, 3.63) is 0 Å². The Kier molecular flexibility index (Phi) is 5.32. The summed E-state index contributed by atoms with van der Waals surface area (Å²) in [5.74, 6) is 0.558. The number of hydrogen-bond acceptors (Lipinski definition) is 3. The first-order chi connectivity index (χ1) is 7.03. The molecular weight excluding hydrogens is 238 g/mol. The highest BCUT2D eigenvalue weighted by atomic mass is 35.5. The first kappa shape index (κ1) is 13.2. The average molecular weight is 256 g/mol. The van der Waals surface area contributed by atoms with Crippen LogP contribution in [0.2, 0.25) is 0 Å². The van der Waals surface area contributed by atoms with E-state index in [1.807, 2.05) is 0 Å². The second-order valence-corrected chi connectivity index (χ2v) is 6.49. The number of alkyl halides is 1. The van der Waals surface area contributed by atoms with Crippen LogP contribution in [0.5, 0.6) is 0 Å². The van der Waals surface area contributed by atoms with Gasteiger partial charge >= 0.3 is 0 Å². The van der Waals surface area contributed by atoms with E-state index in [9.17, 15) is 8.42 Å². The first-order valence-electron chi connectivity index (χ1n) is 5.14. The fourth-order valence-corrected chi connectivity index (χ4v) is 3.17. The molecule has 0 saturated heterocycles. The summed E-state index contributed by atoms with van der Waals surface area (Å²) >= 11 is 5.80. The molecule has 1 N–H and O–H groups in total. The molecule has 0 radical (unpaired) electrons. The molecule has 0 unspecified atom stereocenters.